The minimum absolute atomic E-state index is 0.00110. The predicted molar refractivity (Wildman–Crippen MR) is 125 cm³/mol. The van der Waals surface area contributed by atoms with Gasteiger partial charge in [0.1, 0.15) is 12.4 Å². The van der Waals surface area contributed by atoms with Gasteiger partial charge in [-0.2, -0.15) is 0 Å². The number of benzene rings is 1. The Kier molecular flexibility index (Phi) is 8.72. The molecule has 1 atom stereocenters. The number of carbonyl (C=O) groups excluding carboxylic acids is 1. The average molecular weight is 474 g/mol. The first-order valence-corrected chi connectivity index (χ1v) is 11.0. The second-order valence-corrected chi connectivity index (χ2v) is 8.17. The Hall–Kier alpha value is -3.30. The van der Waals surface area contributed by atoms with Crippen LogP contribution < -0.4 is 14.9 Å². The highest BCUT2D eigenvalue weighted by molar-refractivity contribution is 5.71. The van der Waals surface area contributed by atoms with E-state index in [0.717, 1.165) is 5.57 Å². The fourth-order valence-corrected chi connectivity index (χ4v) is 3.68. The third-order valence-corrected chi connectivity index (χ3v) is 5.46. The van der Waals surface area contributed by atoms with Crippen molar-refractivity contribution in [3.8, 4) is 17.2 Å². The van der Waals surface area contributed by atoms with Gasteiger partial charge in [-0.3, -0.25) is 14.5 Å². The van der Waals surface area contributed by atoms with Gasteiger partial charge in [-0.1, -0.05) is 12.6 Å². The van der Waals surface area contributed by atoms with E-state index in [4.69, 9.17) is 23.4 Å². The molecule has 184 valence electrons. The van der Waals surface area contributed by atoms with Crippen molar-refractivity contribution in [1.82, 2.24) is 4.90 Å². The van der Waals surface area contributed by atoms with Gasteiger partial charge in [0.15, 0.2) is 17.3 Å². The smallest absolute Gasteiger partial charge is 0.306 e. The molecule has 1 saturated heterocycles. The van der Waals surface area contributed by atoms with Crippen molar-refractivity contribution < 1.29 is 33.3 Å². The topological polar surface area (TPSA) is 108 Å². The van der Waals surface area contributed by atoms with E-state index < -0.39 is 23.1 Å². The first-order chi connectivity index (χ1) is 16.3. The van der Waals surface area contributed by atoms with Gasteiger partial charge < -0.3 is 28.5 Å². The van der Waals surface area contributed by atoms with Crippen LogP contribution in [0.25, 0.3) is 0 Å². The van der Waals surface area contributed by atoms with Crippen molar-refractivity contribution in [3.05, 3.63) is 63.7 Å². The van der Waals surface area contributed by atoms with Gasteiger partial charge in [0.25, 0.3) is 0 Å². The zero-order valence-electron chi connectivity index (χ0n) is 19.8. The Morgan fingerprint density at radius 2 is 1.94 bits per heavy atom. The van der Waals surface area contributed by atoms with Crippen LogP contribution >= 0.6 is 0 Å². The number of aromatic hydroxyl groups is 1. The Bertz CT molecular complexity index is 1070. The molecule has 1 aromatic heterocycles. The van der Waals surface area contributed by atoms with Gasteiger partial charge in [-0.05, 0) is 30.2 Å². The number of nitrogens with zero attached hydrogens (tertiary/aromatic N) is 1. The van der Waals surface area contributed by atoms with Crippen molar-refractivity contribution in [2.45, 2.75) is 25.8 Å². The first kappa shape index (κ1) is 25.3. The summed E-state index contributed by atoms with van der Waals surface area (Å²) in [5.74, 6) is -0.526. The summed E-state index contributed by atoms with van der Waals surface area (Å²) in [6.45, 7) is 8.98. The summed E-state index contributed by atoms with van der Waals surface area (Å²) in [7, 11) is 2.78. The second kappa shape index (κ2) is 11.7. The molecule has 2 heterocycles. The summed E-state index contributed by atoms with van der Waals surface area (Å²) in [5.41, 5.74) is 0.859. The zero-order valence-corrected chi connectivity index (χ0v) is 19.8. The number of hydrogen-bond donors (Lipinski definition) is 1. The second-order valence-electron chi connectivity index (χ2n) is 8.17. The van der Waals surface area contributed by atoms with Crippen molar-refractivity contribution in [1.29, 1.82) is 0 Å². The van der Waals surface area contributed by atoms with Crippen LogP contribution in [0.1, 0.15) is 36.3 Å². The van der Waals surface area contributed by atoms with Gasteiger partial charge in [0.05, 0.1) is 46.3 Å². The molecule has 1 unspecified atom stereocenters. The summed E-state index contributed by atoms with van der Waals surface area (Å²) in [6.07, 6.45) is -0.150. The third kappa shape index (κ3) is 6.39. The lowest BCUT2D eigenvalue weighted by Gasteiger charge is -2.26. The van der Waals surface area contributed by atoms with Crippen LogP contribution in [0.15, 0.2) is 45.6 Å². The molecular weight excluding hydrogens is 442 g/mol. The van der Waals surface area contributed by atoms with Crippen molar-refractivity contribution in [2.75, 3.05) is 47.1 Å². The molecule has 1 fully saturated rings. The van der Waals surface area contributed by atoms with E-state index >= 15 is 0 Å². The fourth-order valence-electron chi connectivity index (χ4n) is 3.68. The van der Waals surface area contributed by atoms with Gasteiger partial charge in [-0.25, -0.2) is 0 Å². The molecule has 0 amide bonds. The van der Waals surface area contributed by atoms with Gasteiger partial charge >= 0.3 is 5.97 Å². The van der Waals surface area contributed by atoms with E-state index in [9.17, 15) is 14.7 Å². The molecule has 9 nitrogen and oxygen atoms in total. The highest BCUT2D eigenvalue weighted by atomic mass is 16.5. The third-order valence-electron chi connectivity index (χ3n) is 5.46. The molecule has 1 aliphatic rings. The Morgan fingerprint density at radius 1 is 1.21 bits per heavy atom. The largest absolute Gasteiger partial charge is 0.502 e. The molecule has 9 heteroatoms. The predicted octanol–water partition coefficient (Wildman–Crippen LogP) is 2.84. The normalized spacial score (nSPS) is 14.9. The summed E-state index contributed by atoms with van der Waals surface area (Å²) < 4.78 is 27.4. The summed E-state index contributed by atoms with van der Waals surface area (Å²) >= 11 is 0. The molecule has 1 N–H and O–H groups in total. The van der Waals surface area contributed by atoms with E-state index in [1.165, 1.54) is 20.3 Å². The maximum absolute atomic E-state index is 12.6. The maximum Gasteiger partial charge on any atom is 0.306 e. The van der Waals surface area contributed by atoms with Crippen LogP contribution in [0.4, 0.5) is 0 Å². The number of ether oxygens (including phenoxy) is 4. The lowest BCUT2D eigenvalue weighted by Crippen LogP contribution is -2.35. The van der Waals surface area contributed by atoms with E-state index in [1.807, 2.05) is 6.92 Å². The average Bonchev–Trinajstić information content (AvgIpc) is 2.83. The van der Waals surface area contributed by atoms with Crippen LogP contribution in [0, 0.1) is 0 Å². The van der Waals surface area contributed by atoms with Crippen LogP contribution in [-0.4, -0.2) is 63.1 Å². The highest BCUT2D eigenvalue weighted by Gasteiger charge is 2.28. The standard InChI is InChI=1S/C25H31NO8/c1-16(2)15-33-21-6-5-17(11-22(21)30-3)19(13-23(28)31-4)25-24(29)20(27)12-18(34-25)14-26-7-9-32-10-8-26/h5-6,11-12,19,29H,1,7-10,13-15H2,2-4H3. The summed E-state index contributed by atoms with van der Waals surface area (Å²) in [6, 6.07) is 6.40. The molecule has 0 spiro atoms. The SMILES string of the molecule is C=C(C)COc1ccc(C(CC(=O)OC)c2oc(CN3CCOCC3)cc(=O)c2O)cc1OC. The van der Waals surface area contributed by atoms with Crippen molar-refractivity contribution in [3.63, 3.8) is 0 Å². The highest BCUT2D eigenvalue weighted by Crippen LogP contribution is 2.38. The van der Waals surface area contributed by atoms with Gasteiger partial charge in [0, 0.05) is 19.2 Å². The molecule has 0 bridgehead atoms. The number of rotatable bonds is 10. The number of esters is 1. The number of carbonyl (C=O) groups is 1. The van der Waals surface area contributed by atoms with Crippen LogP contribution in [0.5, 0.6) is 17.2 Å². The lowest BCUT2D eigenvalue weighted by molar-refractivity contribution is -0.140. The molecule has 1 aromatic carbocycles. The van der Waals surface area contributed by atoms with E-state index in [-0.39, 0.29) is 12.2 Å². The van der Waals surface area contributed by atoms with Crippen molar-refractivity contribution in [2.24, 2.45) is 0 Å². The minimum Gasteiger partial charge on any atom is -0.502 e. The zero-order chi connectivity index (χ0) is 24.7. The van der Waals surface area contributed by atoms with E-state index in [1.54, 1.807) is 18.2 Å². The maximum atomic E-state index is 12.6. The summed E-state index contributed by atoms with van der Waals surface area (Å²) in [4.78, 5) is 26.9. The van der Waals surface area contributed by atoms with Crippen LogP contribution in [-0.2, 0) is 20.8 Å². The number of hydrogen-bond acceptors (Lipinski definition) is 9. The number of morpholine rings is 1. The Labute approximate surface area is 198 Å². The molecule has 0 aliphatic carbocycles. The first-order valence-electron chi connectivity index (χ1n) is 11.0. The molecule has 0 saturated carbocycles. The molecule has 1 aliphatic heterocycles. The number of methoxy groups -OCH3 is 2. The molecule has 2 aromatic rings. The summed E-state index contributed by atoms with van der Waals surface area (Å²) in [5, 5.41) is 10.6. The monoisotopic (exact) mass is 473 g/mol. The Balaban J connectivity index is 2.01. The lowest BCUT2D eigenvalue weighted by atomic mass is 9.91. The Morgan fingerprint density at radius 3 is 2.59 bits per heavy atom. The van der Waals surface area contributed by atoms with Crippen LogP contribution in [0.2, 0.25) is 0 Å². The van der Waals surface area contributed by atoms with Crippen molar-refractivity contribution >= 4 is 5.97 Å². The van der Waals surface area contributed by atoms with Gasteiger partial charge in [0.2, 0.25) is 11.2 Å². The molecule has 3 rings (SSSR count). The fraction of sp³-hybridized carbons (Fsp3) is 0.440. The van der Waals surface area contributed by atoms with E-state index in [2.05, 4.69) is 11.5 Å². The van der Waals surface area contributed by atoms with Crippen LogP contribution in [0.3, 0.4) is 0 Å². The quantitative estimate of drug-likeness (QED) is 0.412. The minimum atomic E-state index is -0.783. The molecule has 34 heavy (non-hydrogen) atoms. The van der Waals surface area contributed by atoms with E-state index in [0.29, 0.717) is 62.3 Å². The molecule has 0 radical (unpaired) electrons. The van der Waals surface area contributed by atoms with Gasteiger partial charge in [-0.15, -0.1) is 0 Å². The molecular formula is C25H31NO8.